The molecule has 0 unspecified atom stereocenters. The Morgan fingerprint density at radius 1 is 0.532 bits per heavy atom. The second-order valence-electron chi connectivity index (χ2n) is 10.8. The van der Waals surface area contributed by atoms with Crippen LogP contribution in [0.2, 0.25) is 0 Å². The minimum absolute atomic E-state index is 0.250. The Balaban J connectivity index is 1.37. The van der Waals surface area contributed by atoms with E-state index in [4.69, 9.17) is 18.9 Å². The van der Waals surface area contributed by atoms with Crippen molar-refractivity contribution in [2.45, 2.75) is 32.5 Å². The number of hydrogen-bond acceptors (Lipinski definition) is 6. The lowest BCUT2D eigenvalue weighted by Crippen LogP contribution is -2.50. The van der Waals surface area contributed by atoms with Crippen molar-refractivity contribution in [3.63, 3.8) is 0 Å². The molecule has 0 heterocycles. The molecule has 4 aromatic carbocycles. The molecule has 0 saturated heterocycles. The summed E-state index contributed by atoms with van der Waals surface area (Å²) in [4.78, 5) is 25.3. The Morgan fingerprint density at radius 3 is 1.36 bits per heavy atom. The fourth-order valence-corrected chi connectivity index (χ4v) is 4.43. The third-order valence-electron chi connectivity index (χ3n) is 6.99. The summed E-state index contributed by atoms with van der Waals surface area (Å²) in [6.45, 7) is 3.38. The number of carbonyl (C=O) groups excluding carboxylic acids is 2. The molecule has 0 amide bonds. The van der Waals surface area contributed by atoms with Gasteiger partial charge >= 0.3 is 0 Å². The molecule has 8 heteroatoms. The van der Waals surface area contributed by atoms with E-state index in [1.165, 1.54) is 12.2 Å². The SMILES string of the molecule is [NH3+]CCCOc1ccc(/C=C/C(=O)CC(=O)/C=C/c2ccc(OCCC[NH3+])c(OCc3ccccc3)c2)cc1OCc1ccccc1. The third-order valence-corrected chi connectivity index (χ3v) is 6.99. The van der Waals surface area contributed by atoms with Crippen LogP contribution in [0.15, 0.2) is 109 Å². The molecule has 0 bridgehead atoms. The van der Waals surface area contributed by atoms with Gasteiger partial charge in [-0.05, 0) is 58.7 Å². The smallest absolute Gasteiger partial charge is 0.163 e. The minimum Gasteiger partial charge on any atom is -0.489 e. The lowest BCUT2D eigenvalue weighted by atomic mass is 10.1. The van der Waals surface area contributed by atoms with Crippen molar-refractivity contribution in [3.8, 4) is 23.0 Å². The predicted octanol–water partition coefficient (Wildman–Crippen LogP) is 5.12. The van der Waals surface area contributed by atoms with Crippen LogP contribution in [0.25, 0.3) is 12.2 Å². The van der Waals surface area contributed by atoms with Crippen molar-refractivity contribution in [1.29, 1.82) is 0 Å². The van der Waals surface area contributed by atoms with Crippen molar-refractivity contribution in [1.82, 2.24) is 0 Å². The summed E-state index contributed by atoms with van der Waals surface area (Å²) >= 11 is 0. The van der Waals surface area contributed by atoms with Crippen molar-refractivity contribution in [2.24, 2.45) is 0 Å². The van der Waals surface area contributed by atoms with E-state index in [0.29, 0.717) is 49.4 Å². The number of allylic oxidation sites excluding steroid dienone is 2. The van der Waals surface area contributed by atoms with Gasteiger partial charge in [0.05, 0.1) is 32.7 Å². The van der Waals surface area contributed by atoms with Crippen molar-refractivity contribution in [2.75, 3.05) is 26.3 Å². The largest absolute Gasteiger partial charge is 0.489 e. The van der Waals surface area contributed by atoms with Crippen molar-refractivity contribution in [3.05, 3.63) is 131 Å². The second kappa shape index (κ2) is 19.4. The summed E-state index contributed by atoms with van der Waals surface area (Å²) < 4.78 is 24.0. The fraction of sp³-hybridized carbons (Fsp3) is 0.231. The Morgan fingerprint density at radius 2 is 0.957 bits per heavy atom. The van der Waals surface area contributed by atoms with Crippen LogP contribution in [0.1, 0.15) is 41.5 Å². The van der Waals surface area contributed by atoms with Crippen LogP contribution in [0, 0.1) is 0 Å². The number of benzene rings is 4. The number of carbonyl (C=O) groups is 2. The van der Waals surface area contributed by atoms with Crippen LogP contribution in [-0.4, -0.2) is 37.9 Å². The first-order chi connectivity index (χ1) is 23.0. The van der Waals surface area contributed by atoms with Gasteiger partial charge in [0.25, 0.3) is 0 Å². The molecular weight excluding hydrogens is 592 g/mol. The van der Waals surface area contributed by atoms with E-state index < -0.39 is 0 Å². The van der Waals surface area contributed by atoms with Crippen LogP contribution in [0.5, 0.6) is 23.0 Å². The highest BCUT2D eigenvalue weighted by molar-refractivity contribution is 6.10. The molecule has 0 radical (unpaired) electrons. The zero-order chi connectivity index (χ0) is 33.1. The lowest BCUT2D eigenvalue weighted by Gasteiger charge is -2.13. The van der Waals surface area contributed by atoms with Gasteiger partial charge in [-0.2, -0.15) is 0 Å². The molecule has 0 spiro atoms. The highest BCUT2D eigenvalue weighted by Gasteiger charge is 2.10. The highest BCUT2D eigenvalue weighted by atomic mass is 16.5. The van der Waals surface area contributed by atoms with Gasteiger partial charge in [0.2, 0.25) is 0 Å². The molecule has 0 aliphatic heterocycles. The monoisotopic (exact) mass is 636 g/mol. The molecule has 0 aliphatic carbocycles. The average Bonchev–Trinajstić information content (AvgIpc) is 3.10. The van der Waals surface area contributed by atoms with E-state index >= 15 is 0 Å². The third kappa shape index (κ3) is 12.3. The lowest BCUT2D eigenvalue weighted by molar-refractivity contribution is -0.369. The van der Waals surface area contributed by atoms with Crippen LogP contribution in [-0.2, 0) is 22.8 Å². The molecule has 244 valence electrons. The number of hydrogen-bond donors (Lipinski definition) is 2. The molecule has 4 rings (SSSR count). The van der Waals surface area contributed by atoms with Gasteiger partial charge in [0.15, 0.2) is 34.6 Å². The normalized spacial score (nSPS) is 11.1. The molecule has 0 aromatic heterocycles. The molecular formula is C39H44N2O6+2. The summed E-state index contributed by atoms with van der Waals surface area (Å²) in [5.74, 6) is 1.82. The molecule has 8 nitrogen and oxygen atoms in total. The molecule has 47 heavy (non-hydrogen) atoms. The second-order valence-corrected chi connectivity index (χ2v) is 10.8. The minimum atomic E-state index is -0.303. The van der Waals surface area contributed by atoms with E-state index in [1.54, 1.807) is 12.2 Å². The topological polar surface area (TPSA) is 126 Å². The van der Waals surface area contributed by atoms with Gasteiger partial charge in [-0.15, -0.1) is 0 Å². The Kier molecular flexibility index (Phi) is 14.3. The van der Waals surface area contributed by atoms with Gasteiger partial charge in [-0.1, -0.05) is 84.9 Å². The summed E-state index contributed by atoms with van der Waals surface area (Å²) in [6.07, 6.45) is 7.60. The first-order valence-corrected chi connectivity index (χ1v) is 15.9. The quantitative estimate of drug-likeness (QED) is 0.0788. The van der Waals surface area contributed by atoms with Crippen LogP contribution >= 0.6 is 0 Å². The Bertz CT molecular complexity index is 1500. The van der Waals surface area contributed by atoms with Gasteiger partial charge in [-0.25, -0.2) is 0 Å². The molecule has 6 N–H and O–H groups in total. The number of quaternary nitrogens is 2. The Labute approximate surface area is 276 Å². The number of ether oxygens (including phenoxy) is 4. The van der Waals surface area contributed by atoms with Crippen LogP contribution in [0.4, 0.5) is 0 Å². The zero-order valence-corrected chi connectivity index (χ0v) is 26.8. The number of ketones is 2. The van der Waals surface area contributed by atoms with E-state index in [9.17, 15) is 9.59 Å². The fourth-order valence-electron chi connectivity index (χ4n) is 4.43. The summed E-state index contributed by atoms with van der Waals surface area (Å²) in [7, 11) is 0. The van der Waals surface area contributed by atoms with Gasteiger partial charge in [0.1, 0.15) is 13.2 Å². The first kappa shape index (κ1) is 34.7. The molecule has 0 saturated carbocycles. The molecule has 0 fully saturated rings. The van der Waals surface area contributed by atoms with E-state index in [-0.39, 0.29) is 18.0 Å². The predicted molar refractivity (Wildman–Crippen MR) is 183 cm³/mol. The van der Waals surface area contributed by atoms with Crippen molar-refractivity contribution >= 4 is 23.7 Å². The summed E-state index contributed by atoms with van der Waals surface area (Å²) in [6, 6.07) is 30.8. The summed E-state index contributed by atoms with van der Waals surface area (Å²) in [5, 5.41) is 0. The summed E-state index contributed by atoms with van der Waals surface area (Å²) in [5.41, 5.74) is 11.3. The van der Waals surface area contributed by atoms with Gasteiger partial charge in [0, 0.05) is 12.8 Å². The van der Waals surface area contributed by atoms with Crippen LogP contribution in [0.3, 0.4) is 0 Å². The maximum atomic E-state index is 12.7. The van der Waals surface area contributed by atoms with E-state index in [2.05, 4.69) is 11.5 Å². The zero-order valence-electron chi connectivity index (χ0n) is 26.8. The maximum absolute atomic E-state index is 12.7. The molecule has 0 aliphatic rings. The maximum Gasteiger partial charge on any atom is 0.163 e. The van der Waals surface area contributed by atoms with E-state index in [1.807, 2.05) is 97.1 Å². The average molecular weight is 637 g/mol. The van der Waals surface area contributed by atoms with Gasteiger partial charge in [-0.3, -0.25) is 9.59 Å². The Hall–Kier alpha value is -5.18. The molecule has 4 aromatic rings. The standard InChI is InChI=1S/C39H42N2O6/c40-21-7-23-44-36-19-15-30(25-38(36)46-28-32-9-3-1-4-10-32)13-17-34(42)27-35(43)18-14-31-16-20-37(45-24-8-22-41)39(26-31)47-29-33-11-5-2-6-12-33/h1-6,9-20,25-26H,7-8,21-24,27-29,40-41H2/p+2/b17-13+,18-14+. The van der Waals surface area contributed by atoms with Crippen LogP contribution < -0.4 is 30.4 Å². The van der Waals surface area contributed by atoms with Crippen molar-refractivity contribution < 1.29 is 40.0 Å². The highest BCUT2D eigenvalue weighted by Crippen LogP contribution is 2.31. The molecule has 0 atom stereocenters. The van der Waals surface area contributed by atoms with Gasteiger partial charge < -0.3 is 30.4 Å². The number of rotatable bonds is 20. The first-order valence-electron chi connectivity index (χ1n) is 15.9. The van der Waals surface area contributed by atoms with E-state index in [0.717, 1.165) is 48.2 Å².